The summed E-state index contributed by atoms with van der Waals surface area (Å²) in [7, 11) is 0. The Morgan fingerprint density at radius 3 is 1.79 bits per heavy atom. The maximum absolute atomic E-state index is 13.8. The SMILES string of the molecule is CC(C)C[C@H](NC(=O)[C@H](Cc1cnc[nH]1)NC(=O)[C@H](Cc1ccccc1)NC(=O)[C@H](CO)NC(=O)[C@@H](N)CS)C(=O)N[C@@H](CS)C(=O)O. The molecule has 1 aromatic heterocycles. The zero-order valence-corrected chi connectivity index (χ0v) is 28.4. The molecule has 2 aromatic rings. The van der Waals surface area contributed by atoms with E-state index in [2.05, 4.69) is 61.8 Å². The minimum absolute atomic E-state index is 0.0144. The summed E-state index contributed by atoms with van der Waals surface area (Å²) in [6.45, 7) is 2.83. The van der Waals surface area contributed by atoms with Gasteiger partial charge in [0.2, 0.25) is 29.5 Å². The number of benzene rings is 1. The van der Waals surface area contributed by atoms with Gasteiger partial charge in [0.1, 0.15) is 30.2 Å². The van der Waals surface area contributed by atoms with Gasteiger partial charge in [0.15, 0.2) is 0 Å². The highest BCUT2D eigenvalue weighted by Gasteiger charge is 2.33. The molecule has 0 saturated heterocycles. The minimum atomic E-state index is -1.44. The lowest BCUT2D eigenvalue weighted by atomic mass is 10.0. The highest BCUT2D eigenvalue weighted by atomic mass is 32.1. The number of carbonyl (C=O) groups is 6. The van der Waals surface area contributed by atoms with Crippen LogP contribution in [0.3, 0.4) is 0 Å². The molecule has 5 amide bonds. The van der Waals surface area contributed by atoms with E-state index in [0.717, 1.165) is 0 Å². The quantitative estimate of drug-likeness (QED) is 0.0670. The van der Waals surface area contributed by atoms with Crippen LogP contribution < -0.4 is 32.3 Å². The van der Waals surface area contributed by atoms with Gasteiger partial charge >= 0.3 is 5.97 Å². The van der Waals surface area contributed by atoms with Crippen LogP contribution in [-0.2, 0) is 41.6 Å². The molecule has 0 unspecified atom stereocenters. The van der Waals surface area contributed by atoms with Crippen molar-refractivity contribution in [1.29, 1.82) is 0 Å². The number of nitrogens with zero attached hydrogens (tertiary/aromatic N) is 1. The number of nitrogens with one attached hydrogen (secondary N) is 6. The summed E-state index contributed by atoms with van der Waals surface area (Å²) < 4.78 is 0. The summed E-state index contributed by atoms with van der Waals surface area (Å²) in [5.41, 5.74) is 6.79. The number of aliphatic hydroxyl groups excluding tert-OH is 1. The molecule has 1 heterocycles. The Morgan fingerprint density at radius 2 is 1.29 bits per heavy atom. The third kappa shape index (κ3) is 13.2. The van der Waals surface area contributed by atoms with Gasteiger partial charge in [-0.25, -0.2) is 9.78 Å². The Hall–Kier alpha value is -4.13. The van der Waals surface area contributed by atoms with Crippen LogP contribution in [0, 0.1) is 5.92 Å². The Labute approximate surface area is 289 Å². The number of carbonyl (C=O) groups excluding carboxylic acids is 5. The average molecular weight is 709 g/mol. The minimum Gasteiger partial charge on any atom is -0.480 e. The van der Waals surface area contributed by atoms with E-state index in [4.69, 9.17) is 5.73 Å². The molecule has 18 heteroatoms. The number of aliphatic carboxylic acids is 1. The Bertz CT molecular complexity index is 1370. The second-order valence-electron chi connectivity index (χ2n) is 11.4. The first-order chi connectivity index (χ1) is 22.8. The lowest BCUT2D eigenvalue weighted by Crippen LogP contribution is -2.60. The molecule has 0 spiro atoms. The monoisotopic (exact) mass is 708 g/mol. The van der Waals surface area contributed by atoms with Crippen LogP contribution in [0.2, 0.25) is 0 Å². The van der Waals surface area contributed by atoms with Crippen molar-refractivity contribution in [3.63, 3.8) is 0 Å². The molecular formula is C30H44N8O8S2. The van der Waals surface area contributed by atoms with Crippen molar-refractivity contribution in [3.8, 4) is 0 Å². The predicted molar refractivity (Wildman–Crippen MR) is 182 cm³/mol. The van der Waals surface area contributed by atoms with Crippen LogP contribution in [0.4, 0.5) is 0 Å². The zero-order chi connectivity index (χ0) is 35.8. The molecule has 0 aliphatic heterocycles. The molecule has 264 valence electrons. The van der Waals surface area contributed by atoms with E-state index < -0.39 is 78.4 Å². The molecule has 0 fully saturated rings. The molecule has 2 rings (SSSR count). The Kier molecular flexibility index (Phi) is 16.9. The fourth-order valence-corrected chi connectivity index (χ4v) is 4.83. The van der Waals surface area contributed by atoms with Gasteiger partial charge in [-0.1, -0.05) is 44.2 Å². The second-order valence-corrected chi connectivity index (χ2v) is 12.1. The number of hydrogen-bond donors (Lipinski definition) is 11. The topological polar surface area (TPSA) is 258 Å². The average Bonchev–Trinajstić information content (AvgIpc) is 3.57. The number of amides is 5. The van der Waals surface area contributed by atoms with Crippen molar-refractivity contribution in [2.24, 2.45) is 11.7 Å². The lowest BCUT2D eigenvalue weighted by Gasteiger charge is -2.27. The second kappa shape index (κ2) is 20.3. The predicted octanol–water partition coefficient (Wildman–Crippen LogP) is -2.07. The maximum Gasteiger partial charge on any atom is 0.327 e. The van der Waals surface area contributed by atoms with Crippen molar-refractivity contribution in [3.05, 3.63) is 54.1 Å². The van der Waals surface area contributed by atoms with Crippen LogP contribution in [-0.4, -0.2) is 110 Å². The van der Waals surface area contributed by atoms with E-state index >= 15 is 0 Å². The lowest BCUT2D eigenvalue weighted by molar-refractivity contribution is -0.141. The summed E-state index contributed by atoms with van der Waals surface area (Å²) in [4.78, 5) is 84.3. The Morgan fingerprint density at radius 1 is 0.771 bits per heavy atom. The number of aromatic nitrogens is 2. The van der Waals surface area contributed by atoms with E-state index in [9.17, 15) is 39.0 Å². The Balaban J connectivity index is 2.36. The van der Waals surface area contributed by atoms with Crippen molar-refractivity contribution in [1.82, 2.24) is 36.6 Å². The van der Waals surface area contributed by atoms with E-state index in [1.807, 2.05) is 13.8 Å². The number of rotatable bonds is 20. The van der Waals surface area contributed by atoms with Crippen LogP contribution in [0.15, 0.2) is 42.9 Å². The van der Waals surface area contributed by atoms with Crippen molar-refractivity contribution >= 4 is 60.8 Å². The molecule has 0 radical (unpaired) electrons. The molecule has 0 saturated carbocycles. The van der Waals surface area contributed by atoms with Gasteiger partial charge in [-0.2, -0.15) is 25.3 Å². The number of carboxylic acid groups (broad SMARTS) is 1. The third-order valence-corrected chi connectivity index (χ3v) is 7.77. The number of thiol groups is 2. The highest BCUT2D eigenvalue weighted by Crippen LogP contribution is 2.09. The van der Waals surface area contributed by atoms with Gasteiger partial charge in [0.05, 0.1) is 19.0 Å². The number of imidazole rings is 1. The normalized spacial score (nSPS) is 14.8. The summed E-state index contributed by atoms with van der Waals surface area (Å²) in [5, 5.41) is 31.7. The molecule has 1 aromatic carbocycles. The number of aliphatic hydroxyl groups is 1. The van der Waals surface area contributed by atoms with Crippen molar-refractivity contribution < 1.29 is 39.0 Å². The first kappa shape index (κ1) is 40.0. The zero-order valence-electron chi connectivity index (χ0n) is 26.6. The fourth-order valence-electron chi connectivity index (χ4n) is 4.42. The van der Waals surface area contributed by atoms with Crippen molar-refractivity contribution in [2.75, 3.05) is 18.1 Å². The largest absolute Gasteiger partial charge is 0.480 e. The van der Waals surface area contributed by atoms with Crippen LogP contribution in [0.1, 0.15) is 31.5 Å². The van der Waals surface area contributed by atoms with Gasteiger partial charge in [-0.15, -0.1) is 0 Å². The highest BCUT2D eigenvalue weighted by molar-refractivity contribution is 7.80. The first-order valence-electron chi connectivity index (χ1n) is 15.1. The molecule has 0 aliphatic carbocycles. The molecule has 10 N–H and O–H groups in total. The fraction of sp³-hybridized carbons (Fsp3) is 0.500. The molecule has 48 heavy (non-hydrogen) atoms. The van der Waals surface area contributed by atoms with E-state index in [1.54, 1.807) is 30.3 Å². The third-order valence-electron chi connectivity index (χ3n) is 7.01. The van der Waals surface area contributed by atoms with Gasteiger partial charge < -0.3 is 47.5 Å². The molecule has 0 aliphatic rings. The summed E-state index contributed by atoms with van der Waals surface area (Å²) in [6.07, 6.45) is 2.86. The van der Waals surface area contributed by atoms with Gasteiger partial charge in [0, 0.05) is 36.2 Å². The van der Waals surface area contributed by atoms with Gasteiger partial charge in [0.25, 0.3) is 0 Å². The van der Waals surface area contributed by atoms with Gasteiger partial charge in [-0.05, 0) is 17.9 Å². The summed E-state index contributed by atoms with van der Waals surface area (Å²) >= 11 is 7.93. The first-order valence-corrected chi connectivity index (χ1v) is 16.4. The number of carboxylic acids is 1. The molecule has 16 nitrogen and oxygen atoms in total. The molecule has 6 atom stereocenters. The smallest absolute Gasteiger partial charge is 0.327 e. The van der Waals surface area contributed by atoms with E-state index in [-0.39, 0.29) is 36.7 Å². The summed E-state index contributed by atoms with van der Waals surface area (Å²) in [6, 6.07) is 1.16. The van der Waals surface area contributed by atoms with E-state index in [1.165, 1.54) is 12.5 Å². The number of aromatic amines is 1. The number of nitrogens with two attached hydrogens (primary N) is 1. The molecular weight excluding hydrogens is 665 g/mol. The van der Waals surface area contributed by atoms with Crippen LogP contribution in [0.5, 0.6) is 0 Å². The van der Waals surface area contributed by atoms with E-state index in [0.29, 0.717) is 11.3 Å². The van der Waals surface area contributed by atoms with Gasteiger partial charge in [-0.3, -0.25) is 24.0 Å². The summed E-state index contributed by atoms with van der Waals surface area (Å²) in [5.74, 6) is -5.48. The standard InChI is InChI=1S/C30H44N8O8S2/c1-16(2)8-20(26(41)38-24(14-48)30(45)46)34-28(43)22(10-18-11-32-15-33-18)36-27(42)21(9-17-6-4-3-5-7-17)35-29(44)23(12-39)37-25(40)19(31)13-47/h3-7,11,15-16,19-24,39,47-48H,8-10,12-14,31H2,1-2H3,(H,32,33)(H,34,43)(H,35,44)(H,36,42)(H,37,40)(H,38,41)(H,45,46)/t19-,20-,21-,22-,23-,24-/m0/s1. The number of H-pyrrole nitrogens is 1. The van der Waals surface area contributed by atoms with Crippen LogP contribution in [0.25, 0.3) is 0 Å². The van der Waals surface area contributed by atoms with Crippen molar-refractivity contribution in [2.45, 2.75) is 69.4 Å². The number of hydrogen-bond acceptors (Lipinski definition) is 11. The van der Waals surface area contributed by atoms with Crippen LogP contribution >= 0.6 is 25.3 Å². The maximum atomic E-state index is 13.8. The molecule has 0 bridgehead atoms.